The molecule has 2 aromatic rings. The molecule has 0 bridgehead atoms. The van der Waals surface area contributed by atoms with Crippen molar-refractivity contribution in [2.75, 3.05) is 11.4 Å². The lowest BCUT2D eigenvalue weighted by molar-refractivity contribution is -0.118. The van der Waals surface area contributed by atoms with E-state index >= 15 is 0 Å². The zero-order chi connectivity index (χ0) is 20.4. The van der Waals surface area contributed by atoms with Crippen molar-refractivity contribution in [1.82, 2.24) is 5.32 Å². The number of nitrogens with one attached hydrogen (secondary N) is 1. The van der Waals surface area contributed by atoms with Crippen LogP contribution in [0.2, 0.25) is 0 Å². The fraction of sp³-hybridized carbons (Fsp3) is 0.417. The van der Waals surface area contributed by atoms with Crippen molar-refractivity contribution in [2.45, 2.75) is 51.5 Å². The first kappa shape index (κ1) is 19.6. The molecule has 0 aromatic heterocycles. The molecule has 152 valence electrons. The number of hydrogen-bond acceptors (Lipinski definition) is 2. The smallest absolute Gasteiger partial charge is 0.251 e. The van der Waals surface area contributed by atoms with Crippen molar-refractivity contribution in [3.63, 3.8) is 0 Å². The summed E-state index contributed by atoms with van der Waals surface area (Å²) in [4.78, 5) is 26.9. The van der Waals surface area contributed by atoms with Crippen LogP contribution in [-0.2, 0) is 11.2 Å². The van der Waals surface area contributed by atoms with E-state index in [4.69, 9.17) is 0 Å². The predicted octanol–water partition coefficient (Wildman–Crippen LogP) is 4.79. The van der Waals surface area contributed by atoms with Gasteiger partial charge in [0.05, 0.1) is 6.04 Å². The first-order chi connectivity index (χ1) is 14.1. The van der Waals surface area contributed by atoms with Crippen LogP contribution < -0.4 is 10.2 Å². The van der Waals surface area contributed by atoms with E-state index in [1.54, 1.807) is 23.1 Å². The number of nitrogens with zero attached hydrogens (tertiary/aromatic N) is 1. The highest BCUT2D eigenvalue weighted by atomic mass is 19.1. The average Bonchev–Trinajstić information content (AvgIpc) is 3.41. The normalized spacial score (nSPS) is 17.2. The molecule has 1 N–H and O–H groups in total. The van der Waals surface area contributed by atoms with E-state index in [-0.39, 0.29) is 23.7 Å². The number of halogens is 1. The van der Waals surface area contributed by atoms with Crippen LogP contribution in [0.3, 0.4) is 0 Å². The molecule has 1 aliphatic heterocycles. The maximum atomic E-state index is 13.4. The van der Waals surface area contributed by atoms with Crippen LogP contribution in [0.5, 0.6) is 0 Å². The molecule has 0 spiro atoms. The highest BCUT2D eigenvalue weighted by molar-refractivity contribution is 5.98. The molecule has 2 aliphatic rings. The van der Waals surface area contributed by atoms with E-state index in [0.717, 1.165) is 36.1 Å². The molecule has 1 atom stereocenters. The molecule has 0 radical (unpaired) electrons. The quantitative estimate of drug-likeness (QED) is 0.793. The number of carbonyl (C=O) groups excluding carboxylic acids is 2. The zero-order valence-electron chi connectivity index (χ0n) is 16.8. The maximum absolute atomic E-state index is 13.4. The predicted molar refractivity (Wildman–Crippen MR) is 111 cm³/mol. The Balaban J connectivity index is 1.55. The van der Waals surface area contributed by atoms with Gasteiger partial charge in [0.1, 0.15) is 5.82 Å². The molecule has 1 fully saturated rings. The first-order valence-corrected chi connectivity index (χ1v) is 10.6. The lowest BCUT2D eigenvalue weighted by atomic mass is 9.91. The molecule has 29 heavy (non-hydrogen) atoms. The van der Waals surface area contributed by atoms with Crippen LogP contribution in [-0.4, -0.2) is 18.4 Å². The fourth-order valence-corrected chi connectivity index (χ4v) is 4.65. The minimum atomic E-state index is -0.268. The molecular formula is C24H27FN2O2. The summed E-state index contributed by atoms with van der Waals surface area (Å²) in [7, 11) is 0. The number of anilines is 1. The van der Waals surface area contributed by atoms with Gasteiger partial charge in [-0.1, -0.05) is 31.9 Å². The number of amides is 2. The van der Waals surface area contributed by atoms with Gasteiger partial charge in [0.25, 0.3) is 5.91 Å². The van der Waals surface area contributed by atoms with Crippen LogP contribution >= 0.6 is 0 Å². The summed E-state index contributed by atoms with van der Waals surface area (Å²) in [6.45, 7) is 2.54. The number of hydrogen-bond donors (Lipinski definition) is 1. The van der Waals surface area contributed by atoms with Crippen LogP contribution in [0.15, 0.2) is 42.5 Å². The maximum Gasteiger partial charge on any atom is 0.251 e. The molecule has 4 rings (SSSR count). The Morgan fingerprint density at radius 1 is 1.14 bits per heavy atom. The Morgan fingerprint density at radius 3 is 2.55 bits per heavy atom. The summed E-state index contributed by atoms with van der Waals surface area (Å²) in [6, 6.07) is 11.9. The van der Waals surface area contributed by atoms with Gasteiger partial charge in [0.15, 0.2) is 0 Å². The minimum Gasteiger partial charge on any atom is -0.345 e. The van der Waals surface area contributed by atoms with Gasteiger partial charge in [-0.05, 0) is 66.6 Å². The van der Waals surface area contributed by atoms with Crippen molar-refractivity contribution >= 4 is 17.5 Å². The number of fused-ring (bicyclic) bond motifs is 1. The van der Waals surface area contributed by atoms with Crippen LogP contribution in [0.1, 0.15) is 66.6 Å². The fourth-order valence-electron chi connectivity index (χ4n) is 4.65. The van der Waals surface area contributed by atoms with E-state index in [1.807, 2.05) is 19.1 Å². The van der Waals surface area contributed by atoms with Gasteiger partial charge in [-0.3, -0.25) is 9.59 Å². The number of rotatable bonds is 5. The van der Waals surface area contributed by atoms with E-state index < -0.39 is 0 Å². The van der Waals surface area contributed by atoms with E-state index in [0.29, 0.717) is 24.4 Å². The molecule has 1 saturated carbocycles. The third-order valence-corrected chi connectivity index (χ3v) is 6.23. The van der Waals surface area contributed by atoms with Crippen molar-refractivity contribution in [3.05, 3.63) is 65.0 Å². The average molecular weight is 394 g/mol. The lowest BCUT2D eigenvalue weighted by Crippen LogP contribution is -2.33. The van der Waals surface area contributed by atoms with Gasteiger partial charge in [-0.2, -0.15) is 0 Å². The zero-order valence-corrected chi connectivity index (χ0v) is 16.8. The molecule has 5 heteroatoms. The van der Waals surface area contributed by atoms with Gasteiger partial charge >= 0.3 is 0 Å². The van der Waals surface area contributed by atoms with Gasteiger partial charge in [-0.25, -0.2) is 4.39 Å². The summed E-state index contributed by atoms with van der Waals surface area (Å²) in [5, 5.41) is 3.21. The molecule has 2 aromatic carbocycles. The molecule has 0 saturated heterocycles. The first-order valence-electron chi connectivity index (χ1n) is 10.6. The molecule has 1 heterocycles. The minimum absolute atomic E-state index is 0.110. The highest BCUT2D eigenvalue weighted by Crippen LogP contribution is 2.36. The molecule has 1 aliphatic carbocycles. The second kappa shape index (κ2) is 8.36. The summed E-state index contributed by atoms with van der Waals surface area (Å²) in [5.74, 6) is 0.0967. The number of benzene rings is 2. The van der Waals surface area contributed by atoms with Crippen LogP contribution in [0, 0.1) is 11.7 Å². The van der Waals surface area contributed by atoms with Gasteiger partial charge in [-0.15, -0.1) is 0 Å². The topological polar surface area (TPSA) is 49.4 Å². The molecule has 1 unspecified atom stereocenters. The van der Waals surface area contributed by atoms with E-state index in [2.05, 4.69) is 5.32 Å². The van der Waals surface area contributed by atoms with Gasteiger partial charge < -0.3 is 10.2 Å². The van der Waals surface area contributed by atoms with Crippen LogP contribution in [0.25, 0.3) is 0 Å². The largest absolute Gasteiger partial charge is 0.345 e. The Hall–Kier alpha value is -2.69. The molecule has 4 nitrogen and oxygen atoms in total. The van der Waals surface area contributed by atoms with Crippen LogP contribution in [0.4, 0.5) is 10.1 Å². The van der Waals surface area contributed by atoms with E-state index in [1.165, 1.54) is 25.0 Å². The second-order valence-corrected chi connectivity index (χ2v) is 8.04. The highest BCUT2D eigenvalue weighted by Gasteiger charge is 2.29. The van der Waals surface area contributed by atoms with Crippen molar-refractivity contribution in [1.29, 1.82) is 0 Å². The molecular weight excluding hydrogens is 367 g/mol. The lowest BCUT2D eigenvalue weighted by Gasteiger charge is -2.25. The van der Waals surface area contributed by atoms with Gasteiger partial charge in [0, 0.05) is 24.2 Å². The van der Waals surface area contributed by atoms with Crippen molar-refractivity contribution in [2.24, 2.45) is 5.92 Å². The monoisotopic (exact) mass is 394 g/mol. The summed E-state index contributed by atoms with van der Waals surface area (Å²) in [5.41, 5.74) is 3.52. The van der Waals surface area contributed by atoms with Gasteiger partial charge in [0.2, 0.25) is 5.91 Å². The Bertz CT molecular complexity index is 904. The van der Waals surface area contributed by atoms with E-state index in [9.17, 15) is 14.0 Å². The number of carbonyl (C=O) groups is 2. The third-order valence-electron chi connectivity index (χ3n) is 6.23. The SMILES string of the molecule is CCC(=O)N1CCc2cc(C(=O)NC(c3ccc(F)cc3)C3CCCC3)ccc21. The Morgan fingerprint density at radius 2 is 1.86 bits per heavy atom. The Kier molecular flexibility index (Phi) is 5.65. The Labute approximate surface area is 171 Å². The molecule has 2 amide bonds. The van der Waals surface area contributed by atoms with Crippen molar-refractivity contribution in [3.8, 4) is 0 Å². The summed E-state index contributed by atoms with van der Waals surface area (Å²) < 4.78 is 13.4. The standard InChI is InChI=1S/C24H27FN2O2/c1-2-22(28)27-14-13-18-15-19(9-12-21(18)27)24(29)26-23(16-5-3-4-6-16)17-7-10-20(25)11-8-17/h7-12,15-16,23H,2-6,13-14H2,1H3,(H,26,29). The third kappa shape index (κ3) is 4.04. The summed E-state index contributed by atoms with van der Waals surface area (Å²) >= 11 is 0. The van der Waals surface area contributed by atoms with Crippen molar-refractivity contribution < 1.29 is 14.0 Å². The second-order valence-electron chi connectivity index (χ2n) is 8.04. The summed E-state index contributed by atoms with van der Waals surface area (Å²) in [6.07, 6.45) is 5.71.